The number of benzene rings is 1. The van der Waals surface area contributed by atoms with Gasteiger partial charge in [0, 0.05) is 12.3 Å². The molecule has 2 aromatic heterocycles. The molecule has 2 N–H and O–H groups in total. The standard InChI is InChI=1S/C14H10N2O2S.H2O/c1-2-6-11(7-3-1)17-13-10-19-14(16-13)18-12-8-4-5-9-15-12;/h1-10H;1H2. The predicted molar refractivity (Wildman–Crippen MR) is 76.6 cm³/mol. The molecule has 0 atom stereocenters. The molecule has 102 valence electrons. The number of rotatable bonds is 4. The van der Waals surface area contributed by atoms with Crippen molar-refractivity contribution in [1.82, 2.24) is 9.97 Å². The normalized spacial score (nSPS) is 9.60. The van der Waals surface area contributed by atoms with Crippen LogP contribution in [-0.2, 0) is 0 Å². The zero-order valence-electron chi connectivity index (χ0n) is 10.4. The quantitative estimate of drug-likeness (QED) is 0.738. The van der Waals surface area contributed by atoms with Gasteiger partial charge in [0.15, 0.2) is 0 Å². The van der Waals surface area contributed by atoms with Crippen molar-refractivity contribution in [3.8, 4) is 22.7 Å². The third kappa shape index (κ3) is 3.53. The Bertz CT molecular complexity index is 588. The Morgan fingerprint density at radius 1 is 0.850 bits per heavy atom. The van der Waals surface area contributed by atoms with Crippen LogP contribution in [0.4, 0.5) is 0 Å². The minimum Gasteiger partial charge on any atom is -0.438 e. The molecule has 0 radical (unpaired) electrons. The maximum atomic E-state index is 5.60. The van der Waals surface area contributed by atoms with E-state index in [-0.39, 0.29) is 5.48 Å². The number of ether oxygens (including phenoxy) is 2. The van der Waals surface area contributed by atoms with Crippen molar-refractivity contribution >= 4 is 11.3 Å². The fourth-order valence-electron chi connectivity index (χ4n) is 1.44. The highest BCUT2D eigenvalue weighted by molar-refractivity contribution is 7.11. The molecular weight excluding hydrogens is 276 g/mol. The lowest BCUT2D eigenvalue weighted by atomic mass is 10.3. The monoisotopic (exact) mass is 288 g/mol. The highest BCUT2D eigenvalue weighted by Gasteiger charge is 2.06. The molecule has 0 fully saturated rings. The number of nitrogens with zero attached hydrogens (tertiary/aromatic N) is 2. The van der Waals surface area contributed by atoms with Crippen molar-refractivity contribution in [2.75, 3.05) is 0 Å². The molecule has 20 heavy (non-hydrogen) atoms. The van der Waals surface area contributed by atoms with Crippen molar-refractivity contribution < 1.29 is 14.9 Å². The lowest BCUT2D eigenvalue weighted by Gasteiger charge is -2.00. The van der Waals surface area contributed by atoms with Gasteiger partial charge in [-0.05, 0) is 18.2 Å². The third-order valence-electron chi connectivity index (χ3n) is 2.26. The summed E-state index contributed by atoms with van der Waals surface area (Å²) >= 11 is 1.37. The van der Waals surface area contributed by atoms with Gasteiger partial charge >= 0.3 is 0 Å². The first kappa shape index (κ1) is 14.0. The summed E-state index contributed by atoms with van der Waals surface area (Å²) in [4.78, 5) is 8.31. The number of thiazole rings is 1. The van der Waals surface area contributed by atoms with E-state index in [2.05, 4.69) is 9.97 Å². The molecule has 0 spiro atoms. The highest BCUT2D eigenvalue weighted by atomic mass is 32.1. The summed E-state index contributed by atoms with van der Waals surface area (Å²) in [6, 6.07) is 15.0. The van der Waals surface area contributed by atoms with E-state index in [1.54, 1.807) is 17.6 Å². The fraction of sp³-hybridized carbons (Fsp3) is 0. The lowest BCUT2D eigenvalue weighted by Crippen LogP contribution is -1.87. The SMILES string of the molecule is O.c1ccc(Oc2csc(Oc3ccccn3)n2)cc1. The summed E-state index contributed by atoms with van der Waals surface area (Å²) in [6.07, 6.45) is 1.67. The largest absolute Gasteiger partial charge is 0.438 e. The first-order valence-corrected chi connectivity index (χ1v) is 6.55. The van der Waals surface area contributed by atoms with Crippen molar-refractivity contribution in [1.29, 1.82) is 0 Å². The molecule has 5 nitrogen and oxygen atoms in total. The fourth-order valence-corrected chi connectivity index (χ4v) is 2.02. The van der Waals surface area contributed by atoms with Crippen LogP contribution in [0.15, 0.2) is 60.1 Å². The van der Waals surface area contributed by atoms with E-state index in [1.807, 2.05) is 42.5 Å². The van der Waals surface area contributed by atoms with Crippen molar-refractivity contribution in [2.45, 2.75) is 0 Å². The van der Waals surface area contributed by atoms with Gasteiger partial charge < -0.3 is 14.9 Å². The summed E-state index contributed by atoms with van der Waals surface area (Å²) in [5, 5.41) is 2.30. The maximum absolute atomic E-state index is 5.60. The molecule has 0 saturated carbocycles. The summed E-state index contributed by atoms with van der Waals surface area (Å²) in [7, 11) is 0. The van der Waals surface area contributed by atoms with Gasteiger partial charge in [-0.1, -0.05) is 35.6 Å². The Hall–Kier alpha value is -2.44. The van der Waals surface area contributed by atoms with E-state index in [0.29, 0.717) is 17.0 Å². The summed E-state index contributed by atoms with van der Waals surface area (Å²) in [6.45, 7) is 0. The molecule has 0 amide bonds. The number of aromatic nitrogens is 2. The van der Waals surface area contributed by atoms with E-state index in [0.717, 1.165) is 5.75 Å². The summed E-state index contributed by atoms with van der Waals surface area (Å²) in [5.41, 5.74) is 0. The molecule has 0 aliphatic carbocycles. The number of pyridine rings is 1. The molecule has 0 unspecified atom stereocenters. The van der Waals surface area contributed by atoms with E-state index in [9.17, 15) is 0 Å². The Kier molecular flexibility index (Phi) is 4.65. The zero-order valence-corrected chi connectivity index (χ0v) is 11.2. The minimum absolute atomic E-state index is 0. The Morgan fingerprint density at radius 2 is 1.65 bits per heavy atom. The number of hydrogen-bond acceptors (Lipinski definition) is 5. The van der Waals surface area contributed by atoms with Gasteiger partial charge in [-0.15, -0.1) is 0 Å². The third-order valence-corrected chi connectivity index (χ3v) is 2.95. The van der Waals surface area contributed by atoms with Gasteiger partial charge in [-0.25, -0.2) is 4.98 Å². The van der Waals surface area contributed by atoms with Crippen LogP contribution in [0.25, 0.3) is 0 Å². The van der Waals surface area contributed by atoms with Gasteiger partial charge in [0.25, 0.3) is 5.19 Å². The van der Waals surface area contributed by atoms with Crippen LogP contribution in [-0.4, -0.2) is 15.4 Å². The predicted octanol–water partition coefficient (Wildman–Crippen LogP) is 3.30. The molecule has 6 heteroatoms. The Morgan fingerprint density at radius 3 is 2.40 bits per heavy atom. The van der Waals surface area contributed by atoms with Gasteiger partial charge in [0.1, 0.15) is 5.75 Å². The molecule has 3 aromatic rings. The second-order valence-electron chi connectivity index (χ2n) is 3.64. The van der Waals surface area contributed by atoms with Crippen molar-refractivity contribution in [2.24, 2.45) is 0 Å². The lowest BCUT2D eigenvalue weighted by molar-refractivity contribution is 0.432. The van der Waals surface area contributed by atoms with Crippen molar-refractivity contribution in [3.05, 3.63) is 60.1 Å². The minimum atomic E-state index is 0. The smallest absolute Gasteiger partial charge is 0.283 e. The van der Waals surface area contributed by atoms with Gasteiger partial charge in [0.2, 0.25) is 11.8 Å². The molecular formula is C14H12N2O3S. The van der Waals surface area contributed by atoms with Crippen LogP contribution in [0.1, 0.15) is 0 Å². The molecule has 0 aliphatic heterocycles. The highest BCUT2D eigenvalue weighted by Crippen LogP contribution is 2.29. The Labute approximate surface area is 119 Å². The summed E-state index contributed by atoms with van der Waals surface area (Å²) in [5.74, 6) is 1.78. The van der Waals surface area contributed by atoms with Crippen LogP contribution < -0.4 is 9.47 Å². The van der Waals surface area contributed by atoms with E-state index in [1.165, 1.54) is 11.3 Å². The number of para-hydroxylation sites is 1. The Balaban J connectivity index is 0.00000147. The van der Waals surface area contributed by atoms with E-state index >= 15 is 0 Å². The van der Waals surface area contributed by atoms with Crippen LogP contribution in [0, 0.1) is 0 Å². The second-order valence-corrected chi connectivity index (χ2v) is 4.46. The number of hydrogen-bond donors (Lipinski definition) is 0. The molecule has 0 saturated heterocycles. The molecule has 1 aromatic carbocycles. The maximum Gasteiger partial charge on any atom is 0.283 e. The average Bonchev–Trinajstić information content (AvgIpc) is 2.88. The molecule has 0 bridgehead atoms. The van der Waals surface area contributed by atoms with E-state index < -0.39 is 0 Å². The summed E-state index contributed by atoms with van der Waals surface area (Å²) < 4.78 is 11.1. The van der Waals surface area contributed by atoms with Gasteiger partial charge in [-0.3, -0.25) is 0 Å². The molecule has 3 rings (SSSR count). The van der Waals surface area contributed by atoms with Gasteiger partial charge in [-0.2, -0.15) is 4.98 Å². The first-order chi connectivity index (χ1) is 9.40. The molecule has 0 aliphatic rings. The van der Waals surface area contributed by atoms with E-state index in [4.69, 9.17) is 9.47 Å². The van der Waals surface area contributed by atoms with Gasteiger partial charge in [0.05, 0.1) is 5.38 Å². The topological polar surface area (TPSA) is 75.7 Å². The van der Waals surface area contributed by atoms with Crippen LogP contribution >= 0.6 is 11.3 Å². The van der Waals surface area contributed by atoms with Crippen LogP contribution in [0.3, 0.4) is 0 Å². The van der Waals surface area contributed by atoms with Crippen LogP contribution in [0.5, 0.6) is 22.7 Å². The second kappa shape index (κ2) is 6.65. The van der Waals surface area contributed by atoms with Crippen molar-refractivity contribution in [3.63, 3.8) is 0 Å². The first-order valence-electron chi connectivity index (χ1n) is 5.67. The average molecular weight is 288 g/mol. The zero-order chi connectivity index (χ0) is 12.9. The van der Waals surface area contributed by atoms with Crippen LogP contribution in [0.2, 0.25) is 0 Å². The molecule has 2 heterocycles.